The Morgan fingerprint density at radius 2 is 2.15 bits per heavy atom. The molecule has 0 spiro atoms. The number of rotatable bonds is 2. The highest BCUT2D eigenvalue weighted by Crippen LogP contribution is 2.27. The first-order valence-corrected chi connectivity index (χ1v) is 4.47. The van der Waals surface area contributed by atoms with E-state index < -0.39 is 6.10 Å². The zero-order chi connectivity index (χ0) is 9.84. The van der Waals surface area contributed by atoms with Crippen molar-refractivity contribution < 1.29 is 5.11 Å². The van der Waals surface area contributed by atoms with E-state index in [1.807, 2.05) is 0 Å². The Bertz CT molecular complexity index is 341. The highest BCUT2D eigenvalue weighted by atomic mass is 35.5. The van der Waals surface area contributed by atoms with E-state index >= 15 is 0 Å². The Morgan fingerprint density at radius 1 is 1.46 bits per heavy atom. The van der Waals surface area contributed by atoms with Gasteiger partial charge in [-0.25, -0.2) is 0 Å². The lowest BCUT2D eigenvalue weighted by atomic mass is 10.1. The summed E-state index contributed by atoms with van der Waals surface area (Å²) in [5.41, 5.74) is 0.615. The minimum absolute atomic E-state index is 0.251. The van der Waals surface area contributed by atoms with Gasteiger partial charge in [0.2, 0.25) is 0 Å². The third-order valence-electron chi connectivity index (χ3n) is 1.63. The largest absolute Gasteiger partial charge is 0.387 e. The third-order valence-corrected chi connectivity index (χ3v) is 2.20. The lowest BCUT2D eigenvalue weighted by Crippen LogP contribution is -1.96. The SMILES string of the molecule is C#CCC(O)c1ccc(Cl)cc1Cl. The summed E-state index contributed by atoms with van der Waals surface area (Å²) in [5, 5.41) is 10.5. The van der Waals surface area contributed by atoms with Gasteiger partial charge in [-0.2, -0.15) is 0 Å². The van der Waals surface area contributed by atoms with Gasteiger partial charge < -0.3 is 5.11 Å². The normalized spacial score (nSPS) is 12.2. The summed E-state index contributed by atoms with van der Waals surface area (Å²) in [6, 6.07) is 4.92. The standard InChI is InChI=1S/C10H8Cl2O/c1-2-3-10(13)8-5-4-7(11)6-9(8)12/h1,4-6,10,13H,3H2. The van der Waals surface area contributed by atoms with Gasteiger partial charge in [0.25, 0.3) is 0 Å². The molecule has 0 saturated heterocycles. The number of hydrogen-bond donors (Lipinski definition) is 1. The van der Waals surface area contributed by atoms with Gasteiger partial charge in [-0.3, -0.25) is 0 Å². The van der Waals surface area contributed by atoms with E-state index in [0.29, 0.717) is 15.6 Å². The Kier molecular flexibility index (Phi) is 3.62. The van der Waals surface area contributed by atoms with Crippen LogP contribution in [0, 0.1) is 12.3 Å². The van der Waals surface area contributed by atoms with Crippen LogP contribution in [0.1, 0.15) is 18.1 Å². The molecule has 0 amide bonds. The maximum absolute atomic E-state index is 9.52. The molecule has 1 nitrogen and oxygen atoms in total. The van der Waals surface area contributed by atoms with Gasteiger partial charge in [0.15, 0.2) is 0 Å². The van der Waals surface area contributed by atoms with Crippen LogP contribution in [0.2, 0.25) is 10.0 Å². The molecule has 1 rings (SSSR count). The molecule has 0 saturated carbocycles. The average Bonchev–Trinajstić information content (AvgIpc) is 2.04. The molecule has 0 fully saturated rings. The predicted octanol–water partition coefficient (Wildman–Crippen LogP) is 3.05. The van der Waals surface area contributed by atoms with E-state index in [9.17, 15) is 5.11 Å². The van der Waals surface area contributed by atoms with Crippen LogP contribution in [0.15, 0.2) is 18.2 Å². The molecule has 1 aromatic rings. The first kappa shape index (κ1) is 10.4. The summed E-state index contributed by atoms with van der Waals surface area (Å²) in [4.78, 5) is 0. The number of hydrogen-bond acceptors (Lipinski definition) is 1. The minimum Gasteiger partial charge on any atom is -0.387 e. The lowest BCUT2D eigenvalue weighted by molar-refractivity contribution is 0.184. The summed E-state index contributed by atoms with van der Waals surface area (Å²) >= 11 is 11.5. The molecule has 0 aromatic heterocycles. The summed E-state index contributed by atoms with van der Waals surface area (Å²) < 4.78 is 0. The van der Waals surface area contributed by atoms with Crippen LogP contribution < -0.4 is 0 Å². The molecule has 3 heteroatoms. The number of benzene rings is 1. The molecular formula is C10H8Cl2O. The van der Waals surface area contributed by atoms with Crippen molar-refractivity contribution in [3.63, 3.8) is 0 Å². The van der Waals surface area contributed by atoms with Crippen molar-refractivity contribution in [3.8, 4) is 12.3 Å². The van der Waals surface area contributed by atoms with Gasteiger partial charge in [-0.05, 0) is 12.1 Å². The molecular weight excluding hydrogens is 207 g/mol. The zero-order valence-electron chi connectivity index (χ0n) is 6.80. The van der Waals surface area contributed by atoms with Crippen LogP contribution in [0.25, 0.3) is 0 Å². The van der Waals surface area contributed by atoms with Gasteiger partial charge in [0, 0.05) is 22.0 Å². The van der Waals surface area contributed by atoms with E-state index in [2.05, 4.69) is 5.92 Å². The van der Waals surface area contributed by atoms with E-state index in [4.69, 9.17) is 29.6 Å². The fraction of sp³-hybridized carbons (Fsp3) is 0.200. The summed E-state index contributed by atoms with van der Waals surface area (Å²) in [7, 11) is 0. The summed E-state index contributed by atoms with van der Waals surface area (Å²) in [5.74, 6) is 2.37. The predicted molar refractivity (Wildman–Crippen MR) is 54.9 cm³/mol. The van der Waals surface area contributed by atoms with Crippen LogP contribution in [0.4, 0.5) is 0 Å². The minimum atomic E-state index is -0.713. The quantitative estimate of drug-likeness (QED) is 0.751. The highest BCUT2D eigenvalue weighted by Gasteiger charge is 2.09. The van der Waals surface area contributed by atoms with Crippen molar-refractivity contribution in [1.82, 2.24) is 0 Å². The van der Waals surface area contributed by atoms with E-state index in [-0.39, 0.29) is 6.42 Å². The number of terminal acetylenes is 1. The Hall–Kier alpha value is -0.680. The second-order valence-corrected chi connectivity index (χ2v) is 3.43. The second-order valence-electron chi connectivity index (χ2n) is 2.59. The number of aliphatic hydroxyl groups is 1. The maximum atomic E-state index is 9.52. The van der Waals surface area contributed by atoms with Gasteiger partial charge in [0.05, 0.1) is 6.10 Å². The van der Waals surface area contributed by atoms with Gasteiger partial charge in [0.1, 0.15) is 0 Å². The molecule has 0 bridgehead atoms. The Balaban J connectivity index is 2.96. The third kappa shape index (κ3) is 2.63. The van der Waals surface area contributed by atoms with Gasteiger partial charge in [-0.1, -0.05) is 29.3 Å². The van der Waals surface area contributed by atoms with Crippen molar-refractivity contribution in [1.29, 1.82) is 0 Å². The van der Waals surface area contributed by atoms with Crippen LogP contribution >= 0.6 is 23.2 Å². The Labute approximate surface area is 87.3 Å². The summed E-state index contributed by atoms with van der Waals surface area (Å²) in [6.45, 7) is 0. The molecule has 1 N–H and O–H groups in total. The Morgan fingerprint density at radius 3 is 2.69 bits per heavy atom. The van der Waals surface area contributed by atoms with Crippen LogP contribution in [0.3, 0.4) is 0 Å². The summed E-state index contributed by atoms with van der Waals surface area (Å²) in [6.07, 6.45) is 4.61. The van der Waals surface area contributed by atoms with E-state index in [1.54, 1.807) is 18.2 Å². The molecule has 1 aromatic carbocycles. The van der Waals surface area contributed by atoms with Gasteiger partial charge >= 0.3 is 0 Å². The molecule has 0 aliphatic heterocycles. The molecule has 0 aliphatic rings. The molecule has 1 unspecified atom stereocenters. The van der Waals surface area contributed by atoms with Crippen molar-refractivity contribution in [2.75, 3.05) is 0 Å². The molecule has 13 heavy (non-hydrogen) atoms. The molecule has 68 valence electrons. The first-order chi connectivity index (χ1) is 6.15. The van der Waals surface area contributed by atoms with Crippen molar-refractivity contribution in [3.05, 3.63) is 33.8 Å². The fourth-order valence-corrected chi connectivity index (χ4v) is 1.53. The van der Waals surface area contributed by atoms with Crippen LogP contribution in [0.5, 0.6) is 0 Å². The van der Waals surface area contributed by atoms with Crippen molar-refractivity contribution >= 4 is 23.2 Å². The van der Waals surface area contributed by atoms with Crippen LogP contribution in [-0.2, 0) is 0 Å². The average molecular weight is 215 g/mol. The monoisotopic (exact) mass is 214 g/mol. The number of halogens is 2. The first-order valence-electron chi connectivity index (χ1n) is 3.71. The van der Waals surface area contributed by atoms with E-state index in [0.717, 1.165) is 0 Å². The molecule has 0 radical (unpaired) electrons. The van der Waals surface area contributed by atoms with Crippen LogP contribution in [-0.4, -0.2) is 5.11 Å². The van der Waals surface area contributed by atoms with Crippen molar-refractivity contribution in [2.24, 2.45) is 0 Å². The fourth-order valence-electron chi connectivity index (χ4n) is 0.993. The smallest absolute Gasteiger partial charge is 0.0913 e. The second kappa shape index (κ2) is 4.53. The molecule has 0 aliphatic carbocycles. The zero-order valence-corrected chi connectivity index (χ0v) is 8.31. The van der Waals surface area contributed by atoms with E-state index in [1.165, 1.54) is 0 Å². The topological polar surface area (TPSA) is 20.2 Å². The lowest BCUT2D eigenvalue weighted by Gasteiger charge is -2.09. The van der Waals surface area contributed by atoms with Gasteiger partial charge in [-0.15, -0.1) is 12.3 Å². The highest BCUT2D eigenvalue weighted by molar-refractivity contribution is 6.35. The molecule has 0 heterocycles. The maximum Gasteiger partial charge on any atom is 0.0913 e. The number of aliphatic hydroxyl groups excluding tert-OH is 1. The molecule has 1 atom stereocenters. The van der Waals surface area contributed by atoms with Crippen molar-refractivity contribution in [2.45, 2.75) is 12.5 Å².